The summed E-state index contributed by atoms with van der Waals surface area (Å²) in [6.07, 6.45) is 0.231. The molecule has 0 spiro atoms. The average Bonchev–Trinajstić information content (AvgIpc) is 3.01. The van der Waals surface area contributed by atoms with Crippen LogP contribution < -0.4 is 5.73 Å². The van der Waals surface area contributed by atoms with Crippen molar-refractivity contribution in [3.63, 3.8) is 0 Å². The number of carbonyl (C=O) groups excluding carboxylic acids is 1. The van der Waals surface area contributed by atoms with E-state index in [1.807, 2.05) is 20.8 Å². The first-order valence-electron chi connectivity index (χ1n) is 16.3. The molecule has 15 nitrogen and oxygen atoms in total. The highest BCUT2D eigenvalue weighted by Crippen LogP contribution is 2.08. The van der Waals surface area contributed by atoms with E-state index in [1.165, 1.54) is 0 Å². The monoisotopic (exact) mass is 673 g/mol. The van der Waals surface area contributed by atoms with Gasteiger partial charge in [0.2, 0.25) is 0 Å². The molecule has 0 aromatic heterocycles. The molecule has 0 saturated carbocycles. The second-order valence-electron chi connectivity index (χ2n) is 10.5. The van der Waals surface area contributed by atoms with Gasteiger partial charge in [-0.05, 0) is 20.8 Å². The maximum absolute atomic E-state index is 11.6. The molecule has 0 aliphatic carbocycles. The van der Waals surface area contributed by atoms with Crippen LogP contribution in [0.25, 0.3) is 0 Å². The van der Waals surface area contributed by atoms with Crippen molar-refractivity contribution in [3.8, 4) is 0 Å². The lowest BCUT2D eigenvalue weighted by Crippen LogP contribution is -2.24. The molecule has 0 unspecified atom stereocenters. The summed E-state index contributed by atoms with van der Waals surface area (Å²) in [6.45, 7) is 17.8. The Bertz CT molecular complexity index is 612. The minimum absolute atomic E-state index is 0.231. The topological polar surface area (TPSA) is 163 Å². The molecule has 0 radical (unpaired) electrons. The van der Waals surface area contributed by atoms with Gasteiger partial charge in [-0.25, -0.2) is 0 Å². The van der Waals surface area contributed by atoms with Crippen LogP contribution in [0.3, 0.4) is 0 Å². The van der Waals surface area contributed by atoms with Crippen molar-refractivity contribution in [2.24, 2.45) is 5.73 Å². The lowest BCUT2D eigenvalue weighted by atomic mass is 10.2. The maximum atomic E-state index is 11.6. The van der Waals surface area contributed by atoms with E-state index in [1.54, 1.807) is 0 Å². The van der Waals surface area contributed by atoms with Crippen LogP contribution in [0.1, 0.15) is 27.2 Å². The number of hydrogen-bond donors (Lipinski definition) is 1. The molecule has 15 heteroatoms. The second-order valence-corrected chi connectivity index (χ2v) is 10.5. The minimum Gasteiger partial charge on any atom is -0.460 e. The van der Waals surface area contributed by atoms with Gasteiger partial charge in [-0.1, -0.05) is 0 Å². The van der Waals surface area contributed by atoms with Gasteiger partial charge in [0.25, 0.3) is 0 Å². The molecule has 0 amide bonds. The summed E-state index contributed by atoms with van der Waals surface area (Å²) in [4.78, 5) is 11.6. The molecule has 276 valence electrons. The van der Waals surface area contributed by atoms with Crippen LogP contribution in [-0.2, 0) is 66.4 Å². The summed E-state index contributed by atoms with van der Waals surface area (Å²) >= 11 is 0. The van der Waals surface area contributed by atoms with Crippen LogP contribution in [0, 0.1) is 0 Å². The van der Waals surface area contributed by atoms with E-state index in [9.17, 15) is 4.79 Å². The maximum Gasteiger partial charge on any atom is 0.308 e. The molecule has 0 aliphatic rings. The molecule has 0 aromatic carbocycles. The Kier molecular flexibility index (Phi) is 35.9. The average molecular weight is 674 g/mol. The number of ether oxygens (including phenoxy) is 13. The van der Waals surface area contributed by atoms with Gasteiger partial charge < -0.3 is 67.3 Å². The zero-order chi connectivity index (χ0) is 33.7. The van der Waals surface area contributed by atoms with Crippen molar-refractivity contribution in [1.82, 2.24) is 0 Å². The van der Waals surface area contributed by atoms with Crippen molar-refractivity contribution in [3.05, 3.63) is 0 Å². The zero-order valence-corrected chi connectivity index (χ0v) is 28.7. The molecular weight excluding hydrogens is 610 g/mol. The highest BCUT2D eigenvalue weighted by molar-refractivity contribution is 5.69. The van der Waals surface area contributed by atoms with Gasteiger partial charge in [0.05, 0.1) is 165 Å². The fraction of sp³-hybridized carbons (Fsp3) is 0.968. The normalized spacial score (nSPS) is 11.8. The second kappa shape index (κ2) is 36.8. The first-order valence-corrected chi connectivity index (χ1v) is 16.3. The molecule has 0 rings (SSSR count). The van der Waals surface area contributed by atoms with Gasteiger partial charge in [-0.3, -0.25) is 4.79 Å². The molecule has 0 aromatic rings. The molecule has 0 bridgehead atoms. The van der Waals surface area contributed by atoms with Crippen LogP contribution in [0.2, 0.25) is 0 Å². The Balaban J connectivity index is 3.09. The predicted molar refractivity (Wildman–Crippen MR) is 169 cm³/mol. The predicted octanol–water partition coefficient (Wildman–Crippen LogP) is 0.876. The standard InChI is InChI=1S/C31H63NO14/c1-31(2,3)46-30(33)4-6-34-8-10-36-12-14-38-16-18-40-20-22-42-24-26-44-28-29-45-27-25-43-23-21-41-19-17-39-15-13-37-11-9-35-7-5-32/h4-29,32H2,1-3H3. The van der Waals surface area contributed by atoms with E-state index in [-0.39, 0.29) is 12.4 Å². The summed E-state index contributed by atoms with van der Waals surface area (Å²) in [5, 5.41) is 0. The van der Waals surface area contributed by atoms with E-state index in [0.29, 0.717) is 165 Å². The number of hydrogen-bond acceptors (Lipinski definition) is 15. The Labute approximate surface area is 276 Å². The number of nitrogens with two attached hydrogens (primary N) is 1. The number of rotatable bonds is 38. The van der Waals surface area contributed by atoms with Gasteiger partial charge in [-0.15, -0.1) is 0 Å². The van der Waals surface area contributed by atoms with Gasteiger partial charge in [0.15, 0.2) is 0 Å². The van der Waals surface area contributed by atoms with Crippen LogP contribution in [0.4, 0.5) is 0 Å². The van der Waals surface area contributed by atoms with E-state index in [0.717, 1.165) is 0 Å². The molecule has 2 N–H and O–H groups in total. The summed E-state index contributed by atoms with van der Waals surface area (Å²) in [5.74, 6) is -0.266. The molecule has 46 heavy (non-hydrogen) atoms. The van der Waals surface area contributed by atoms with E-state index >= 15 is 0 Å². The molecule has 0 heterocycles. The lowest BCUT2D eigenvalue weighted by Gasteiger charge is -2.19. The minimum atomic E-state index is -0.474. The van der Waals surface area contributed by atoms with Crippen LogP contribution in [-0.4, -0.2) is 177 Å². The van der Waals surface area contributed by atoms with E-state index in [4.69, 9.17) is 67.3 Å². The largest absolute Gasteiger partial charge is 0.460 e. The van der Waals surface area contributed by atoms with E-state index < -0.39 is 5.60 Å². The Hall–Kier alpha value is -1.05. The molecule has 0 fully saturated rings. The lowest BCUT2D eigenvalue weighted by molar-refractivity contribution is -0.156. The van der Waals surface area contributed by atoms with Gasteiger partial charge in [0.1, 0.15) is 5.60 Å². The number of carbonyl (C=O) groups is 1. The van der Waals surface area contributed by atoms with Gasteiger partial charge in [-0.2, -0.15) is 0 Å². The molecule has 0 saturated heterocycles. The fourth-order valence-corrected chi connectivity index (χ4v) is 3.15. The van der Waals surface area contributed by atoms with Crippen molar-refractivity contribution in [1.29, 1.82) is 0 Å². The van der Waals surface area contributed by atoms with Gasteiger partial charge in [0, 0.05) is 6.54 Å². The third-order valence-corrected chi connectivity index (χ3v) is 5.22. The van der Waals surface area contributed by atoms with Crippen LogP contribution in [0.15, 0.2) is 0 Å². The Morgan fingerprint density at radius 1 is 0.370 bits per heavy atom. The summed E-state index contributed by atoms with van der Waals surface area (Å²) in [6, 6.07) is 0. The third kappa shape index (κ3) is 41.0. The van der Waals surface area contributed by atoms with Crippen molar-refractivity contribution < 1.29 is 66.4 Å². The summed E-state index contributed by atoms with van der Waals surface area (Å²) in [5.41, 5.74) is 4.85. The highest BCUT2D eigenvalue weighted by atomic mass is 16.6. The number of esters is 1. The Morgan fingerprint density at radius 2 is 0.565 bits per heavy atom. The van der Waals surface area contributed by atoms with Crippen LogP contribution in [0.5, 0.6) is 0 Å². The fourth-order valence-electron chi connectivity index (χ4n) is 3.15. The highest BCUT2D eigenvalue weighted by Gasteiger charge is 2.15. The molecule has 0 atom stereocenters. The molecular formula is C31H63NO14. The smallest absolute Gasteiger partial charge is 0.308 e. The van der Waals surface area contributed by atoms with Crippen molar-refractivity contribution in [2.75, 3.05) is 165 Å². The first kappa shape index (κ1) is 45.0. The zero-order valence-electron chi connectivity index (χ0n) is 28.7. The van der Waals surface area contributed by atoms with Gasteiger partial charge >= 0.3 is 5.97 Å². The SMILES string of the molecule is CC(C)(C)OC(=O)CCOCCOCCOCCOCCOCCOCCOCCOCCOCCOCCOCCOCCN. The van der Waals surface area contributed by atoms with Crippen molar-refractivity contribution >= 4 is 5.97 Å². The summed E-state index contributed by atoms with van der Waals surface area (Å²) in [7, 11) is 0. The molecule has 0 aliphatic heterocycles. The first-order chi connectivity index (χ1) is 22.5. The third-order valence-electron chi connectivity index (χ3n) is 5.22. The van der Waals surface area contributed by atoms with Crippen LogP contribution >= 0.6 is 0 Å². The van der Waals surface area contributed by atoms with E-state index in [2.05, 4.69) is 0 Å². The Morgan fingerprint density at radius 3 is 0.761 bits per heavy atom. The quantitative estimate of drug-likeness (QED) is 0.0725. The summed E-state index contributed by atoms with van der Waals surface area (Å²) < 4.78 is 70.2. The van der Waals surface area contributed by atoms with Crippen molar-refractivity contribution in [2.45, 2.75) is 32.8 Å².